The van der Waals surface area contributed by atoms with Gasteiger partial charge < -0.3 is 39.4 Å². The van der Waals surface area contributed by atoms with E-state index in [4.69, 9.17) is 23.7 Å². The van der Waals surface area contributed by atoms with Crippen LogP contribution >= 0.6 is 22.7 Å². The predicted molar refractivity (Wildman–Crippen MR) is 273 cm³/mol. The zero-order chi connectivity index (χ0) is 50.0. The van der Waals surface area contributed by atoms with Crippen molar-refractivity contribution in [3.8, 4) is 45.5 Å². The van der Waals surface area contributed by atoms with Gasteiger partial charge in [0.2, 0.25) is 0 Å². The van der Waals surface area contributed by atoms with Gasteiger partial charge in [0, 0.05) is 37.1 Å². The number of hydrogen-bond donors (Lipinski definition) is 3. The molecule has 18 nitrogen and oxygen atoms in total. The van der Waals surface area contributed by atoms with E-state index in [-0.39, 0.29) is 29.3 Å². The van der Waals surface area contributed by atoms with Crippen molar-refractivity contribution in [2.45, 2.75) is 26.4 Å². The topological polar surface area (TPSA) is 203 Å². The standard InChI is InChI=1S/C25H23FN6O3S.C20H15FN6O2S.C5H10O/c1-13(15-9-34-10-15)35-19-7-14(23-20(33-3)8-32(2)31-23)6-18-21(19)25(28-11-27-18)30-16-4-5-17-24(22(16)26)36-12-29-17;1-27-7-15(29-2)18(26-27)10-5-13-16(14(28)6-10)20(23-8-22-13)25-11-3-4-12-19(17(11)21)30-9-24-12;1-2-5-3-6-4-5/h4-8,11-13,15H,9-10H2,1-3H3,(H,27,28,30);3-9,28H,1-2H3,(H,22,23,25);5H,2-4H2,1H3. The van der Waals surface area contributed by atoms with Crippen molar-refractivity contribution in [1.29, 1.82) is 0 Å². The number of hydrogen-bond acceptors (Lipinski definition) is 18. The number of anilines is 4. The van der Waals surface area contributed by atoms with E-state index < -0.39 is 5.82 Å². The van der Waals surface area contributed by atoms with Gasteiger partial charge in [-0.2, -0.15) is 10.2 Å². The van der Waals surface area contributed by atoms with E-state index >= 15 is 4.39 Å². The lowest BCUT2D eigenvalue weighted by Crippen LogP contribution is -2.39. The van der Waals surface area contributed by atoms with Crippen LogP contribution in [0, 0.1) is 23.5 Å². The second-order valence-electron chi connectivity index (χ2n) is 17.1. The van der Waals surface area contributed by atoms with Crippen LogP contribution in [-0.2, 0) is 23.6 Å². The summed E-state index contributed by atoms with van der Waals surface area (Å²) in [5.41, 5.74) is 8.74. The molecule has 0 bridgehead atoms. The SMILES string of the molecule is CCC1COC1.COc1cn(C)nc1-c1cc(O)c2c(Nc3ccc4ncsc4c3F)ncnc2c1.COc1cn(C)nc1-c1cc(OC(C)C2COC2)c2c(Nc3ccc4ncsc4c3F)ncnc2c1. The Kier molecular flexibility index (Phi) is 13.7. The third-order valence-electron chi connectivity index (χ3n) is 12.3. The van der Waals surface area contributed by atoms with Gasteiger partial charge in [0.25, 0.3) is 0 Å². The first-order valence-corrected chi connectivity index (χ1v) is 24.6. The van der Waals surface area contributed by atoms with Crippen molar-refractivity contribution in [3.05, 3.63) is 96.2 Å². The Morgan fingerprint density at radius 3 is 1.67 bits per heavy atom. The molecule has 0 saturated carbocycles. The molecule has 6 aromatic heterocycles. The molecule has 1 atom stereocenters. The molecule has 1 unspecified atom stereocenters. The Labute approximate surface area is 418 Å². The number of fused-ring (bicyclic) bond motifs is 4. The fourth-order valence-electron chi connectivity index (χ4n) is 8.09. The summed E-state index contributed by atoms with van der Waals surface area (Å²) < 4.78 is 62.0. The first kappa shape index (κ1) is 48.0. The third kappa shape index (κ3) is 9.60. The molecular formula is C50H48F2N12O6S2. The van der Waals surface area contributed by atoms with Crippen LogP contribution < -0.4 is 24.8 Å². The smallest absolute Gasteiger partial charge is 0.166 e. The van der Waals surface area contributed by atoms with Crippen LogP contribution in [-0.4, -0.2) is 101 Å². The Balaban J connectivity index is 0.000000150. The van der Waals surface area contributed by atoms with Gasteiger partial charge in [-0.3, -0.25) is 9.36 Å². The number of ether oxygens (including phenoxy) is 5. The summed E-state index contributed by atoms with van der Waals surface area (Å²) in [7, 11) is 6.78. The first-order valence-electron chi connectivity index (χ1n) is 22.8. The maximum absolute atomic E-state index is 15.2. The van der Waals surface area contributed by atoms with Crippen LogP contribution in [0.15, 0.2) is 84.6 Å². The molecule has 370 valence electrons. The quantitative estimate of drug-likeness (QED) is 0.104. The molecule has 0 spiro atoms. The Bertz CT molecular complexity index is 3580. The van der Waals surface area contributed by atoms with E-state index in [9.17, 15) is 9.50 Å². The summed E-state index contributed by atoms with van der Waals surface area (Å²) in [6.07, 6.45) is 7.52. The van der Waals surface area contributed by atoms with Crippen LogP contribution in [0.5, 0.6) is 23.0 Å². The number of rotatable bonds is 12. The monoisotopic (exact) mass is 1010 g/mol. The molecule has 2 aliphatic rings. The number of thiazole rings is 2. The molecule has 22 heteroatoms. The van der Waals surface area contributed by atoms with Gasteiger partial charge in [-0.15, -0.1) is 22.7 Å². The molecule has 2 fully saturated rings. The van der Waals surface area contributed by atoms with Crippen LogP contribution in [0.2, 0.25) is 0 Å². The van der Waals surface area contributed by atoms with Crippen molar-refractivity contribution in [2.75, 3.05) is 51.3 Å². The van der Waals surface area contributed by atoms with Gasteiger partial charge in [0.15, 0.2) is 23.1 Å². The Morgan fingerprint density at radius 1 is 0.681 bits per heavy atom. The number of aryl methyl sites for hydroxylation is 2. The number of phenols is 1. The van der Waals surface area contributed by atoms with Gasteiger partial charge in [-0.1, -0.05) is 6.92 Å². The molecule has 10 aromatic rings. The second-order valence-corrected chi connectivity index (χ2v) is 18.8. The zero-order valence-corrected chi connectivity index (χ0v) is 41.5. The molecule has 72 heavy (non-hydrogen) atoms. The van der Waals surface area contributed by atoms with Crippen LogP contribution in [0.3, 0.4) is 0 Å². The lowest BCUT2D eigenvalue weighted by molar-refractivity contribution is -0.0773. The highest BCUT2D eigenvalue weighted by atomic mass is 32.1. The molecule has 4 aromatic carbocycles. The number of aromatic nitrogens is 10. The highest BCUT2D eigenvalue weighted by Gasteiger charge is 2.28. The molecule has 2 aliphatic heterocycles. The molecule has 3 N–H and O–H groups in total. The minimum Gasteiger partial charge on any atom is -0.507 e. The molecule has 2 saturated heterocycles. The average molecular weight is 1020 g/mol. The Hall–Kier alpha value is -7.66. The maximum Gasteiger partial charge on any atom is 0.166 e. The number of phenolic OH excluding ortho intramolecular Hbond substituents is 1. The number of nitrogens with zero attached hydrogens (tertiary/aromatic N) is 10. The number of nitrogens with one attached hydrogen (secondary N) is 2. The average Bonchev–Trinajstić information content (AvgIpc) is 4.17. The van der Waals surface area contributed by atoms with Crippen molar-refractivity contribution in [3.63, 3.8) is 0 Å². The molecule has 12 rings (SSSR count). The van der Waals surface area contributed by atoms with Crippen molar-refractivity contribution < 1.29 is 37.6 Å². The van der Waals surface area contributed by atoms with Gasteiger partial charge in [0.05, 0.1) is 118 Å². The van der Waals surface area contributed by atoms with Crippen molar-refractivity contribution in [1.82, 2.24) is 49.5 Å². The van der Waals surface area contributed by atoms with E-state index in [2.05, 4.69) is 57.7 Å². The first-order chi connectivity index (χ1) is 35.0. The summed E-state index contributed by atoms with van der Waals surface area (Å²) in [4.78, 5) is 25.7. The number of halogens is 2. The van der Waals surface area contributed by atoms with Gasteiger partial charge in [-0.25, -0.2) is 38.7 Å². The fraction of sp³-hybridized carbons (Fsp3) is 0.280. The summed E-state index contributed by atoms with van der Waals surface area (Å²) in [5, 5.41) is 26.9. The van der Waals surface area contributed by atoms with E-state index in [1.807, 2.05) is 26.1 Å². The van der Waals surface area contributed by atoms with Gasteiger partial charge in [0.1, 0.15) is 53.3 Å². The summed E-state index contributed by atoms with van der Waals surface area (Å²) in [6.45, 7) is 7.53. The highest BCUT2D eigenvalue weighted by molar-refractivity contribution is 7.17. The number of aromatic hydroxyl groups is 1. The van der Waals surface area contributed by atoms with Crippen LogP contribution in [0.1, 0.15) is 20.3 Å². The summed E-state index contributed by atoms with van der Waals surface area (Å²) in [5.74, 6) is 2.82. The maximum atomic E-state index is 15.2. The highest BCUT2D eigenvalue weighted by Crippen LogP contribution is 2.42. The predicted octanol–water partition coefficient (Wildman–Crippen LogP) is 10.2. The van der Waals surface area contributed by atoms with E-state index in [0.717, 1.165) is 24.7 Å². The molecular weight excluding hydrogens is 967 g/mol. The molecule has 0 amide bonds. The van der Waals surface area contributed by atoms with E-state index in [1.165, 1.54) is 41.7 Å². The van der Waals surface area contributed by atoms with E-state index in [0.29, 0.717) is 107 Å². The molecule has 0 aliphatic carbocycles. The van der Waals surface area contributed by atoms with Gasteiger partial charge >= 0.3 is 0 Å². The van der Waals surface area contributed by atoms with Crippen molar-refractivity contribution >= 4 is 87.9 Å². The largest absolute Gasteiger partial charge is 0.507 e. The zero-order valence-electron chi connectivity index (χ0n) is 39.9. The second kappa shape index (κ2) is 20.6. The summed E-state index contributed by atoms with van der Waals surface area (Å²) >= 11 is 2.48. The number of benzene rings is 4. The number of methoxy groups -OCH3 is 2. The van der Waals surface area contributed by atoms with Gasteiger partial charge in [-0.05, 0) is 61.9 Å². The summed E-state index contributed by atoms with van der Waals surface area (Å²) in [6, 6.07) is 13.9. The van der Waals surface area contributed by atoms with Crippen LogP contribution in [0.25, 0.3) is 64.8 Å². The molecule has 0 radical (unpaired) electrons. The van der Waals surface area contributed by atoms with Crippen molar-refractivity contribution in [2.24, 2.45) is 25.9 Å². The minimum atomic E-state index is -0.420. The van der Waals surface area contributed by atoms with Crippen LogP contribution in [0.4, 0.5) is 31.8 Å². The fourth-order valence-corrected chi connectivity index (χ4v) is 9.55. The lowest BCUT2D eigenvalue weighted by Gasteiger charge is -2.32. The normalized spacial score (nSPS) is 14.0. The lowest BCUT2D eigenvalue weighted by atomic mass is 10.0. The van der Waals surface area contributed by atoms with E-state index in [1.54, 1.807) is 90.4 Å². The molecule has 8 heterocycles. The minimum absolute atomic E-state index is 0.0578. The Morgan fingerprint density at radius 2 is 1.19 bits per heavy atom. The third-order valence-corrected chi connectivity index (χ3v) is 14.0.